The number of ether oxygens (including phenoxy) is 1. The number of benzene rings is 1. The van der Waals surface area contributed by atoms with Gasteiger partial charge in [0.25, 0.3) is 0 Å². The van der Waals surface area contributed by atoms with Crippen molar-refractivity contribution in [3.63, 3.8) is 0 Å². The van der Waals surface area contributed by atoms with Gasteiger partial charge < -0.3 is 4.74 Å². The molecule has 0 N–H and O–H groups in total. The molecule has 4 nitrogen and oxygen atoms in total. The van der Waals surface area contributed by atoms with E-state index in [4.69, 9.17) is 4.74 Å². The van der Waals surface area contributed by atoms with Crippen molar-refractivity contribution in [3.05, 3.63) is 29.3 Å². The zero-order valence-electron chi connectivity index (χ0n) is 11.5. The number of rotatable bonds is 6. The van der Waals surface area contributed by atoms with Crippen molar-refractivity contribution in [2.75, 3.05) is 18.6 Å². The number of hydrogen-bond acceptors (Lipinski definition) is 4. The lowest BCUT2D eigenvalue weighted by Gasteiger charge is -2.14. The van der Waals surface area contributed by atoms with Gasteiger partial charge in [-0.25, -0.2) is 8.42 Å². The van der Waals surface area contributed by atoms with Crippen molar-refractivity contribution in [3.8, 4) is 5.75 Å². The first-order valence-corrected chi connectivity index (χ1v) is 8.15. The number of Topliss-reactive ketones (excluding diaryl/α,β-unsaturated/α-hetero) is 1. The molecule has 0 aromatic heterocycles. The molecule has 0 unspecified atom stereocenters. The Hall–Kier alpha value is -1.57. The second-order valence-corrected chi connectivity index (χ2v) is 6.72. The highest BCUT2D eigenvalue weighted by molar-refractivity contribution is 7.90. The van der Waals surface area contributed by atoms with E-state index in [1.54, 1.807) is 6.92 Å². The van der Waals surface area contributed by atoms with Gasteiger partial charge in [0.05, 0.1) is 11.3 Å². The van der Waals surface area contributed by atoms with Gasteiger partial charge in [0, 0.05) is 18.2 Å². The molecule has 0 aliphatic heterocycles. The van der Waals surface area contributed by atoms with Crippen LogP contribution in [0.4, 0.5) is 13.2 Å². The standard InChI is InChI=1S/C13H15F3O4S/c1-3-11(17)9-4-5-12(10(8-9)13(14,15)16)20-6-7-21(2,18)19/h4-5,8H,3,6-7H2,1-2H3. The first-order chi connectivity index (χ1) is 9.54. The van der Waals surface area contributed by atoms with Gasteiger partial charge in [-0.1, -0.05) is 6.92 Å². The van der Waals surface area contributed by atoms with Crippen LogP contribution in [0.5, 0.6) is 5.75 Å². The molecule has 21 heavy (non-hydrogen) atoms. The van der Waals surface area contributed by atoms with E-state index in [0.717, 1.165) is 18.4 Å². The quantitative estimate of drug-likeness (QED) is 0.755. The fraction of sp³-hybridized carbons (Fsp3) is 0.462. The van der Waals surface area contributed by atoms with Gasteiger partial charge in [0.2, 0.25) is 0 Å². The first-order valence-electron chi connectivity index (χ1n) is 6.09. The van der Waals surface area contributed by atoms with Gasteiger partial charge >= 0.3 is 6.18 Å². The molecule has 0 fully saturated rings. The molecule has 0 bridgehead atoms. The summed E-state index contributed by atoms with van der Waals surface area (Å²) in [5.41, 5.74) is -1.14. The zero-order chi connectivity index (χ0) is 16.3. The molecule has 0 radical (unpaired) electrons. The third-order valence-electron chi connectivity index (χ3n) is 2.64. The summed E-state index contributed by atoms with van der Waals surface area (Å²) in [7, 11) is -3.33. The van der Waals surface area contributed by atoms with Crippen LogP contribution >= 0.6 is 0 Å². The molecular weight excluding hydrogens is 309 g/mol. The van der Waals surface area contributed by atoms with E-state index in [1.165, 1.54) is 6.07 Å². The molecule has 0 saturated heterocycles. The molecule has 0 heterocycles. The second-order valence-electron chi connectivity index (χ2n) is 4.46. The minimum Gasteiger partial charge on any atom is -0.492 e. The van der Waals surface area contributed by atoms with Gasteiger partial charge in [-0.2, -0.15) is 13.2 Å². The Morgan fingerprint density at radius 3 is 2.38 bits per heavy atom. The number of alkyl halides is 3. The monoisotopic (exact) mass is 324 g/mol. The van der Waals surface area contributed by atoms with E-state index in [2.05, 4.69) is 0 Å². The third kappa shape index (κ3) is 5.37. The highest BCUT2D eigenvalue weighted by Crippen LogP contribution is 2.37. The summed E-state index contributed by atoms with van der Waals surface area (Å²) < 4.78 is 65.6. The number of carbonyl (C=O) groups is 1. The molecule has 0 saturated carbocycles. The maximum absolute atomic E-state index is 12.9. The Bertz CT molecular complexity index is 621. The molecule has 1 rings (SSSR count). The van der Waals surface area contributed by atoms with Crippen molar-refractivity contribution in [2.24, 2.45) is 0 Å². The van der Waals surface area contributed by atoms with Gasteiger partial charge in [-0.15, -0.1) is 0 Å². The largest absolute Gasteiger partial charge is 0.492 e. The lowest BCUT2D eigenvalue weighted by atomic mass is 10.0. The molecule has 0 spiro atoms. The molecular formula is C13H15F3O4S. The summed E-state index contributed by atoms with van der Waals surface area (Å²) in [6.45, 7) is 1.16. The summed E-state index contributed by atoms with van der Waals surface area (Å²) in [5, 5.41) is 0. The maximum atomic E-state index is 12.9. The highest BCUT2D eigenvalue weighted by atomic mass is 32.2. The van der Waals surface area contributed by atoms with Crippen LogP contribution in [0.25, 0.3) is 0 Å². The maximum Gasteiger partial charge on any atom is 0.419 e. The van der Waals surface area contributed by atoms with E-state index in [0.29, 0.717) is 0 Å². The Morgan fingerprint density at radius 1 is 1.29 bits per heavy atom. The molecule has 0 aliphatic rings. The number of sulfone groups is 1. The Balaban J connectivity index is 3.06. The first kappa shape index (κ1) is 17.5. The fourth-order valence-electron chi connectivity index (χ4n) is 1.56. The number of hydrogen-bond donors (Lipinski definition) is 0. The Kier molecular flexibility index (Phi) is 5.38. The zero-order valence-corrected chi connectivity index (χ0v) is 12.3. The van der Waals surface area contributed by atoms with Crippen LogP contribution in [-0.2, 0) is 16.0 Å². The minimum absolute atomic E-state index is 0.0553. The van der Waals surface area contributed by atoms with Crippen molar-refractivity contribution >= 4 is 15.6 Å². The van der Waals surface area contributed by atoms with E-state index < -0.39 is 33.1 Å². The predicted molar refractivity (Wildman–Crippen MR) is 71.3 cm³/mol. The smallest absolute Gasteiger partial charge is 0.419 e. The number of carbonyl (C=O) groups excluding carboxylic acids is 1. The van der Waals surface area contributed by atoms with E-state index >= 15 is 0 Å². The normalized spacial score (nSPS) is 12.2. The summed E-state index contributed by atoms with van der Waals surface area (Å²) in [4.78, 5) is 11.5. The van der Waals surface area contributed by atoms with Crippen molar-refractivity contribution in [1.29, 1.82) is 0 Å². The molecule has 1 aromatic carbocycles. The second kappa shape index (κ2) is 6.46. The van der Waals surface area contributed by atoms with Crippen LogP contribution in [0.2, 0.25) is 0 Å². The Labute approximate surface area is 120 Å². The van der Waals surface area contributed by atoms with Gasteiger partial charge in [0.15, 0.2) is 15.6 Å². The molecule has 0 amide bonds. The van der Waals surface area contributed by atoms with Gasteiger partial charge in [-0.05, 0) is 18.2 Å². The molecule has 1 aromatic rings. The molecule has 8 heteroatoms. The third-order valence-corrected chi connectivity index (χ3v) is 3.55. The van der Waals surface area contributed by atoms with Crippen LogP contribution in [-0.4, -0.2) is 32.8 Å². The van der Waals surface area contributed by atoms with Crippen molar-refractivity contribution < 1.29 is 31.1 Å². The molecule has 118 valence electrons. The van der Waals surface area contributed by atoms with Crippen LogP contribution < -0.4 is 4.74 Å². The highest BCUT2D eigenvalue weighted by Gasteiger charge is 2.35. The topological polar surface area (TPSA) is 60.4 Å². The van der Waals surface area contributed by atoms with Crippen LogP contribution in [0.1, 0.15) is 29.3 Å². The molecule has 0 atom stereocenters. The van der Waals surface area contributed by atoms with Crippen LogP contribution in [0.15, 0.2) is 18.2 Å². The lowest BCUT2D eigenvalue weighted by molar-refractivity contribution is -0.138. The lowest BCUT2D eigenvalue weighted by Crippen LogP contribution is -2.15. The summed E-state index contributed by atoms with van der Waals surface area (Å²) in [6.07, 6.45) is -3.64. The summed E-state index contributed by atoms with van der Waals surface area (Å²) in [6, 6.07) is 2.99. The minimum atomic E-state index is -4.69. The van der Waals surface area contributed by atoms with Gasteiger partial charge in [-0.3, -0.25) is 4.79 Å². The van der Waals surface area contributed by atoms with Crippen molar-refractivity contribution in [2.45, 2.75) is 19.5 Å². The number of ketones is 1. The summed E-state index contributed by atoms with van der Waals surface area (Å²) >= 11 is 0. The van der Waals surface area contributed by atoms with E-state index in [1.807, 2.05) is 0 Å². The predicted octanol–water partition coefficient (Wildman–Crippen LogP) is 2.72. The van der Waals surface area contributed by atoms with Crippen LogP contribution in [0.3, 0.4) is 0 Å². The van der Waals surface area contributed by atoms with Crippen LogP contribution in [0, 0.1) is 0 Å². The van der Waals surface area contributed by atoms with Crippen molar-refractivity contribution in [1.82, 2.24) is 0 Å². The van der Waals surface area contributed by atoms with Gasteiger partial charge in [0.1, 0.15) is 12.4 Å². The van der Waals surface area contributed by atoms with E-state index in [9.17, 15) is 26.4 Å². The van der Waals surface area contributed by atoms with E-state index in [-0.39, 0.29) is 24.3 Å². The Morgan fingerprint density at radius 2 is 1.90 bits per heavy atom. The fourth-order valence-corrected chi connectivity index (χ4v) is 1.94. The average Bonchev–Trinajstić information content (AvgIpc) is 2.35. The average molecular weight is 324 g/mol. The summed E-state index contributed by atoms with van der Waals surface area (Å²) in [5.74, 6) is -1.29. The SMILES string of the molecule is CCC(=O)c1ccc(OCCS(C)(=O)=O)c(C(F)(F)F)c1. The molecule has 0 aliphatic carbocycles. The number of halogens is 3.